The molecule has 0 spiro atoms. The molecule has 0 saturated carbocycles. The maximum absolute atomic E-state index is 11.5. The number of aromatic nitrogens is 7. The van der Waals surface area contributed by atoms with Crippen LogP contribution in [0.4, 0.5) is 29.2 Å². The molecular formula is C44H56AsCl3N14O5S2. The SMILES string of the molecule is CC(C)(S[As](SC(C)(C)[C@@H](N)C(=O)O)c1ccc(Nc2nc(N)nc(N)n2)cc1)C(N)C(=O)O.CN1CCN(c2ccc3nc(-c4ccc5nc(-c6ccc(O)cc6)[nH]c5c4)[nH]c3c2)CC1.Cl.Cl.Cl. The Morgan fingerprint density at radius 2 is 1.16 bits per heavy atom. The number of benzene rings is 4. The van der Waals surface area contributed by atoms with Crippen LogP contribution in [0, 0.1) is 0 Å². The van der Waals surface area contributed by atoms with Gasteiger partial charge in [0.2, 0.25) is 0 Å². The zero-order valence-electron chi connectivity index (χ0n) is 38.2. The van der Waals surface area contributed by atoms with Crippen molar-refractivity contribution in [2.24, 2.45) is 11.5 Å². The number of nitrogens with two attached hydrogens (primary N) is 4. The molecule has 14 N–H and O–H groups in total. The molecule has 0 amide bonds. The number of fused-ring (bicyclic) bond motifs is 2. The van der Waals surface area contributed by atoms with Crippen molar-refractivity contribution >= 4 is 137 Å². The molecule has 1 aliphatic heterocycles. The number of nitrogen functional groups attached to an aromatic ring is 2. The van der Waals surface area contributed by atoms with Crippen molar-refractivity contribution in [3.63, 3.8) is 0 Å². The van der Waals surface area contributed by atoms with E-state index in [0.717, 1.165) is 75.4 Å². The molecule has 0 aliphatic carbocycles. The first-order chi connectivity index (χ1) is 31.2. The number of anilines is 5. The van der Waals surface area contributed by atoms with Gasteiger partial charge in [0.1, 0.15) is 17.4 Å². The molecule has 25 heteroatoms. The van der Waals surface area contributed by atoms with Crippen molar-refractivity contribution < 1.29 is 24.9 Å². The van der Waals surface area contributed by atoms with Gasteiger partial charge < -0.3 is 24.9 Å². The minimum Gasteiger partial charge on any atom is -0.508 e. The summed E-state index contributed by atoms with van der Waals surface area (Å²) in [4.78, 5) is 56.0. The molecule has 370 valence electrons. The molecule has 1 fully saturated rings. The Morgan fingerprint density at radius 3 is 1.68 bits per heavy atom. The van der Waals surface area contributed by atoms with Gasteiger partial charge in [-0.25, -0.2) is 9.97 Å². The molecule has 69 heavy (non-hydrogen) atoms. The number of piperazine rings is 1. The number of carbonyl (C=O) groups is 2. The zero-order valence-corrected chi connectivity index (χ0v) is 44.1. The first kappa shape index (κ1) is 56.4. The topological polar surface area (TPSA) is 313 Å². The Kier molecular flexibility index (Phi) is 19.3. The van der Waals surface area contributed by atoms with E-state index in [1.807, 2.05) is 48.5 Å². The number of phenolic OH excluding ortho intramolecular Hbond substituents is 1. The van der Waals surface area contributed by atoms with Crippen LogP contribution in [-0.4, -0.2) is 134 Å². The number of carboxylic acid groups (broad SMARTS) is 2. The molecule has 7 aromatic rings. The summed E-state index contributed by atoms with van der Waals surface area (Å²) in [5, 5.41) is 31.4. The van der Waals surface area contributed by atoms with Gasteiger partial charge in [0.25, 0.3) is 0 Å². The van der Waals surface area contributed by atoms with Crippen LogP contribution in [0.5, 0.6) is 5.75 Å². The molecule has 8 rings (SSSR count). The van der Waals surface area contributed by atoms with E-state index >= 15 is 0 Å². The number of hydrogen-bond donors (Lipinski definition) is 10. The third kappa shape index (κ3) is 14.0. The number of hydrogen-bond acceptors (Lipinski definition) is 17. The van der Waals surface area contributed by atoms with Gasteiger partial charge in [-0.3, -0.25) is 0 Å². The predicted molar refractivity (Wildman–Crippen MR) is 288 cm³/mol. The molecule has 0 radical (unpaired) electrons. The minimum absolute atomic E-state index is 0. The number of carboxylic acids is 2. The van der Waals surface area contributed by atoms with E-state index in [2.05, 4.69) is 76.3 Å². The van der Waals surface area contributed by atoms with Crippen LogP contribution < -0.4 is 37.5 Å². The number of likely N-dealkylation sites (N-methyl/N-ethyl adjacent to an activating group) is 1. The van der Waals surface area contributed by atoms with Crippen molar-refractivity contribution in [1.29, 1.82) is 0 Å². The average molecular weight is 1110 g/mol. The van der Waals surface area contributed by atoms with Crippen LogP contribution in [0.15, 0.2) is 84.9 Å². The summed E-state index contributed by atoms with van der Waals surface area (Å²) in [5.41, 5.74) is 30.8. The van der Waals surface area contributed by atoms with Crippen LogP contribution in [0.1, 0.15) is 27.7 Å². The van der Waals surface area contributed by atoms with Crippen LogP contribution in [0.2, 0.25) is 0 Å². The monoisotopic (exact) mass is 1100 g/mol. The van der Waals surface area contributed by atoms with E-state index in [1.165, 1.54) is 25.7 Å². The average Bonchev–Trinajstić information content (AvgIpc) is 3.90. The second kappa shape index (κ2) is 23.6. The summed E-state index contributed by atoms with van der Waals surface area (Å²) in [6, 6.07) is 24.8. The first-order valence-corrected chi connectivity index (χ1v) is 27.8. The third-order valence-corrected chi connectivity index (χ3v) is 26.7. The standard InChI is InChI=1S/C25H24N6O.C19H29AsN8O4S2.3ClH/c1-30-10-12-31(13-11-30)18-5-9-21-23(15-18)29-25(27-21)17-4-8-20-22(14-17)28-24(26-20)16-2-6-19(32)7-3-16;1-18(2,11(21)13(29)30)33-20(34-19(3,4)12(22)14(31)32)9-5-7-10(8-6-9)25-17-27-15(23)26-16(24)28-17;;;/h2-9,14-15,32H,10-13H2,1H3,(H,26,28)(H,27,29);5-8,11-12H,21-22H2,1-4H3,(H,29,30)(H,31,32)(H5,23,24,25,26,27,28);3*1H/t;11-,12?,20?;;;/m.0.../s1. The van der Waals surface area contributed by atoms with Gasteiger partial charge in [-0.1, -0.05) is 0 Å². The number of aliphatic carboxylic acids is 2. The number of aromatic hydroxyl groups is 1. The number of aromatic amines is 2. The van der Waals surface area contributed by atoms with E-state index in [-0.39, 0.29) is 60.8 Å². The van der Waals surface area contributed by atoms with Crippen molar-refractivity contribution in [1.82, 2.24) is 39.8 Å². The summed E-state index contributed by atoms with van der Waals surface area (Å²) >= 11 is -2.21. The minimum atomic E-state index is -2.21. The first-order valence-electron chi connectivity index (χ1n) is 20.8. The third-order valence-electron chi connectivity index (χ3n) is 10.9. The Labute approximate surface area is 428 Å². The maximum Gasteiger partial charge on any atom is 0.138 e. The number of rotatable bonds is 14. The van der Waals surface area contributed by atoms with Crippen LogP contribution in [-0.2, 0) is 9.59 Å². The predicted octanol–water partition coefficient (Wildman–Crippen LogP) is 5.82. The summed E-state index contributed by atoms with van der Waals surface area (Å²) in [5.74, 6) is -0.174. The molecule has 1 aliphatic rings. The van der Waals surface area contributed by atoms with Crippen LogP contribution in [0.25, 0.3) is 44.8 Å². The fourth-order valence-corrected chi connectivity index (χ4v) is 25.4. The van der Waals surface area contributed by atoms with E-state index in [1.54, 1.807) is 39.8 Å². The van der Waals surface area contributed by atoms with Gasteiger partial charge in [0.15, 0.2) is 0 Å². The molecule has 3 aromatic heterocycles. The Morgan fingerprint density at radius 1 is 0.681 bits per heavy atom. The summed E-state index contributed by atoms with van der Waals surface area (Å²) < 4.78 is -0.655. The molecule has 1 saturated heterocycles. The molecule has 4 heterocycles. The van der Waals surface area contributed by atoms with E-state index in [9.17, 15) is 24.9 Å². The molecular weight excluding hydrogens is 1050 g/mol. The Bertz CT molecular complexity index is 2800. The molecule has 0 bridgehead atoms. The van der Waals surface area contributed by atoms with Crippen LogP contribution in [0.3, 0.4) is 0 Å². The molecule has 3 atom stereocenters. The summed E-state index contributed by atoms with van der Waals surface area (Å²) in [6.45, 7) is 11.3. The van der Waals surface area contributed by atoms with Gasteiger partial charge in [0, 0.05) is 43.0 Å². The number of nitrogens with one attached hydrogen (secondary N) is 3. The number of phenols is 1. The fourth-order valence-electron chi connectivity index (χ4n) is 6.83. The van der Waals surface area contributed by atoms with Crippen LogP contribution >= 0.6 is 57.3 Å². The molecule has 4 aromatic carbocycles. The van der Waals surface area contributed by atoms with Gasteiger partial charge >= 0.3 is 209 Å². The Hall–Kier alpha value is -5.22. The van der Waals surface area contributed by atoms with E-state index in [0.29, 0.717) is 5.69 Å². The van der Waals surface area contributed by atoms with Crippen molar-refractivity contribution in [3.8, 4) is 28.5 Å². The number of nitrogens with zero attached hydrogens (tertiary/aromatic N) is 7. The Balaban J connectivity index is 0.000000288. The second-order valence-corrected chi connectivity index (χ2v) is 28.7. The quantitative estimate of drug-likeness (QED) is 0.0574. The summed E-state index contributed by atoms with van der Waals surface area (Å²) in [6.07, 6.45) is 0. The normalized spacial score (nSPS) is 14.3. The molecule has 19 nitrogen and oxygen atoms in total. The van der Waals surface area contributed by atoms with Gasteiger partial charge in [0.05, 0.1) is 22.1 Å². The summed E-state index contributed by atoms with van der Waals surface area (Å²) in [7, 11) is 5.12. The van der Waals surface area contributed by atoms with E-state index in [4.69, 9.17) is 27.9 Å². The van der Waals surface area contributed by atoms with Crippen molar-refractivity contribution in [2.45, 2.75) is 49.3 Å². The van der Waals surface area contributed by atoms with Crippen molar-refractivity contribution in [3.05, 3.63) is 84.9 Å². The van der Waals surface area contributed by atoms with E-state index < -0.39 is 45.9 Å². The second-order valence-electron chi connectivity index (χ2n) is 16.8. The van der Waals surface area contributed by atoms with Gasteiger partial charge in [-0.05, 0) is 67.7 Å². The zero-order chi connectivity index (χ0) is 47.5. The maximum atomic E-state index is 11.5. The van der Waals surface area contributed by atoms with Crippen molar-refractivity contribution in [2.75, 3.05) is 54.9 Å². The number of halogens is 3. The largest absolute Gasteiger partial charge is 0.508 e. The number of imidazole rings is 2. The number of H-pyrrole nitrogens is 2. The van der Waals surface area contributed by atoms with Gasteiger partial charge in [-0.15, -0.1) is 37.2 Å². The van der Waals surface area contributed by atoms with Gasteiger partial charge in [-0.2, -0.15) is 0 Å². The molecule has 2 unspecified atom stereocenters. The smallest absolute Gasteiger partial charge is 0.138 e. The fraction of sp³-hybridized carbons (Fsp3) is 0.295.